The number of ether oxygens (including phenoxy) is 2. The lowest BCUT2D eigenvalue weighted by molar-refractivity contribution is -0.142. The van der Waals surface area contributed by atoms with Gasteiger partial charge in [-0.25, -0.2) is 0 Å². The third-order valence-electron chi connectivity index (χ3n) is 3.28. The van der Waals surface area contributed by atoms with Crippen LogP contribution in [0.2, 0.25) is 0 Å². The number of rotatable bonds is 5. The van der Waals surface area contributed by atoms with Gasteiger partial charge in [-0.05, 0) is 25.0 Å². The van der Waals surface area contributed by atoms with Crippen LogP contribution in [0.4, 0.5) is 11.4 Å². The van der Waals surface area contributed by atoms with Crippen molar-refractivity contribution in [2.24, 2.45) is 0 Å². The van der Waals surface area contributed by atoms with E-state index in [-0.39, 0.29) is 18.6 Å². The van der Waals surface area contributed by atoms with E-state index in [4.69, 9.17) is 15.2 Å². The number of esters is 1. The van der Waals surface area contributed by atoms with Gasteiger partial charge in [0.15, 0.2) is 0 Å². The van der Waals surface area contributed by atoms with Crippen LogP contribution in [0.25, 0.3) is 0 Å². The van der Waals surface area contributed by atoms with Crippen molar-refractivity contribution in [2.45, 2.75) is 32.8 Å². The predicted molar refractivity (Wildman–Crippen MR) is 79.0 cm³/mol. The summed E-state index contributed by atoms with van der Waals surface area (Å²) in [4.78, 5) is 13.8. The maximum Gasteiger partial charge on any atom is 0.325 e. The molecule has 5 heteroatoms. The molecule has 0 saturated heterocycles. The lowest BCUT2D eigenvalue weighted by atomic mass is 10.1. The quantitative estimate of drug-likeness (QED) is 0.660. The topological polar surface area (TPSA) is 64.8 Å². The Morgan fingerprint density at radius 2 is 2.30 bits per heavy atom. The van der Waals surface area contributed by atoms with Gasteiger partial charge in [-0.1, -0.05) is 13.8 Å². The molecule has 0 amide bonds. The number of fused-ring (bicyclic) bond motifs is 1. The first-order valence-electron chi connectivity index (χ1n) is 7.10. The van der Waals surface area contributed by atoms with E-state index in [0.29, 0.717) is 18.8 Å². The Morgan fingerprint density at radius 3 is 3.00 bits per heavy atom. The van der Waals surface area contributed by atoms with Gasteiger partial charge in [-0.2, -0.15) is 0 Å². The van der Waals surface area contributed by atoms with Gasteiger partial charge < -0.3 is 20.1 Å². The molecule has 110 valence electrons. The zero-order chi connectivity index (χ0) is 14.5. The van der Waals surface area contributed by atoms with Crippen LogP contribution < -0.4 is 15.4 Å². The molecule has 20 heavy (non-hydrogen) atoms. The fourth-order valence-electron chi connectivity index (χ4n) is 2.23. The molecule has 1 unspecified atom stereocenters. The van der Waals surface area contributed by atoms with E-state index in [1.54, 1.807) is 0 Å². The SMILES string of the molecule is CCCOC(=O)CN1CC(CC)Oc2cc(N)ccc21. The highest BCUT2D eigenvalue weighted by molar-refractivity contribution is 5.78. The lowest BCUT2D eigenvalue weighted by Gasteiger charge is -2.35. The maximum atomic E-state index is 11.8. The second kappa shape index (κ2) is 6.50. The van der Waals surface area contributed by atoms with Crippen LogP contribution in [-0.2, 0) is 9.53 Å². The molecule has 2 rings (SSSR count). The van der Waals surface area contributed by atoms with E-state index in [1.807, 2.05) is 30.0 Å². The fraction of sp³-hybridized carbons (Fsp3) is 0.533. The Kier molecular flexibility index (Phi) is 4.71. The largest absolute Gasteiger partial charge is 0.486 e. The molecule has 1 atom stereocenters. The second-order valence-electron chi connectivity index (χ2n) is 4.98. The van der Waals surface area contributed by atoms with E-state index in [1.165, 1.54) is 0 Å². The lowest BCUT2D eigenvalue weighted by Crippen LogP contribution is -2.42. The summed E-state index contributed by atoms with van der Waals surface area (Å²) in [5.41, 5.74) is 7.35. The van der Waals surface area contributed by atoms with Crippen molar-refractivity contribution in [3.05, 3.63) is 18.2 Å². The first kappa shape index (κ1) is 14.5. The molecule has 0 aromatic heterocycles. The number of hydrogen-bond acceptors (Lipinski definition) is 5. The van der Waals surface area contributed by atoms with Crippen LogP contribution >= 0.6 is 0 Å². The summed E-state index contributed by atoms with van der Waals surface area (Å²) in [5, 5.41) is 0. The molecule has 1 aliphatic heterocycles. The van der Waals surface area contributed by atoms with Gasteiger partial charge in [0.2, 0.25) is 0 Å². The molecule has 1 aromatic carbocycles. The molecule has 1 heterocycles. The minimum atomic E-state index is -0.202. The number of carbonyl (C=O) groups excluding carboxylic acids is 1. The van der Waals surface area contributed by atoms with Crippen molar-refractivity contribution in [3.63, 3.8) is 0 Å². The van der Waals surface area contributed by atoms with Gasteiger partial charge in [0, 0.05) is 11.8 Å². The molecule has 1 aromatic rings. The Balaban J connectivity index is 2.14. The van der Waals surface area contributed by atoms with E-state index >= 15 is 0 Å². The average molecular weight is 278 g/mol. The predicted octanol–water partition coefficient (Wildman–Crippen LogP) is 2.20. The van der Waals surface area contributed by atoms with Crippen molar-refractivity contribution in [1.29, 1.82) is 0 Å². The average Bonchev–Trinajstić information content (AvgIpc) is 2.44. The summed E-state index contributed by atoms with van der Waals surface area (Å²) in [6, 6.07) is 5.52. The van der Waals surface area contributed by atoms with E-state index in [9.17, 15) is 4.79 Å². The van der Waals surface area contributed by atoms with Crippen molar-refractivity contribution in [3.8, 4) is 5.75 Å². The summed E-state index contributed by atoms with van der Waals surface area (Å²) in [5.74, 6) is 0.540. The van der Waals surface area contributed by atoms with Crippen LogP contribution in [0, 0.1) is 0 Å². The Hall–Kier alpha value is -1.91. The van der Waals surface area contributed by atoms with Crippen LogP contribution in [0.1, 0.15) is 26.7 Å². The number of benzene rings is 1. The van der Waals surface area contributed by atoms with Gasteiger partial charge in [0.05, 0.1) is 18.8 Å². The molecule has 5 nitrogen and oxygen atoms in total. The number of nitrogens with zero attached hydrogens (tertiary/aromatic N) is 1. The molecular formula is C15H22N2O3. The van der Waals surface area contributed by atoms with Gasteiger partial charge in [0.25, 0.3) is 0 Å². The normalized spacial score (nSPS) is 17.3. The van der Waals surface area contributed by atoms with Crippen LogP contribution in [0.5, 0.6) is 5.75 Å². The van der Waals surface area contributed by atoms with E-state index in [2.05, 4.69) is 6.92 Å². The second-order valence-corrected chi connectivity index (χ2v) is 4.98. The van der Waals surface area contributed by atoms with Crippen LogP contribution in [-0.4, -0.2) is 31.8 Å². The standard InChI is InChI=1S/C15H22N2O3/c1-3-7-19-15(18)10-17-9-12(4-2)20-14-8-11(16)5-6-13(14)17/h5-6,8,12H,3-4,7,9-10,16H2,1-2H3. The zero-order valence-electron chi connectivity index (χ0n) is 12.1. The number of nitrogen functional groups attached to an aromatic ring is 1. The summed E-state index contributed by atoms with van der Waals surface area (Å²) in [6.07, 6.45) is 1.79. The molecule has 0 fully saturated rings. The first-order chi connectivity index (χ1) is 9.63. The number of anilines is 2. The Labute approximate surface area is 119 Å². The smallest absolute Gasteiger partial charge is 0.325 e. The van der Waals surface area contributed by atoms with E-state index < -0.39 is 0 Å². The highest BCUT2D eigenvalue weighted by Gasteiger charge is 2.26. The third-order valence-corrected chi connectivity index (χ3v) is 3.28. The first-order valence-corrected chi connectivity index (χ1v) is 7.10. The Bertz CT molecular complexity index is 476. The van der Waals surface area contributed by atoms with Gasteiger partial charge in [-0.15, -0.1) is 0 Å². The highest BCUT2D eigenvalue weighted by Crippen LogP contribution is 2.35. The van der Waals surface area contributed by atoms with Crippen LogP contribution in [0.15, 0.2) is 18.2 Å². The molecular weight excluding hydrogens is 256 g/mol. The maximum absolute atomic E-state index is 11.8. The molecule has 0 bridgehead atoms. The van der Waals surface area contributed by atoms with Crippen molar-refractivity contribution < 1.29 is 14.3 Å². The van der Waals surface area contributed by atoms with E-state index in [0.717, 1.165) is 24.3 Å². The summed E-state index contributed by atoms with van der Waals surface area (Å²) in [6.45, 7) is 5.45. The molecule has 2 N–H and O–H groups in total. The molecule has 0 saturated carbocycles. The van der Waals surface area contributed by atoms with Crippen molar-refractivity contribution in [1.82, 2.24) is 0 Å². The minimum absolute atomic E-state index is 0.0725. The Morgan fingerprint density at radius 1 is 1.50 bits per heavy atom. The number of hydrogen-bond donors (Lipinski definition) is 1. The molecule has 1 aliphatic rings. The highest BCUT2D eigenvalue weighted by atomic mass is 16.5. The number of nitrogens with two attached hydrogens (primary N) is 1. The molecule has 0 spiro atoms. The fourth-order valence-corrected chi connectivity index (χ4v) is 2.23. The van der Waals surface area contributed by atoms with Gasteiger partial charge >= 0.3 is 5.97 Å². The third kappa shape index (κ3) is 3.35. The molecule has 0 aliphatic carbocycles. The minimum Gasteiger partial charge on any atom is -0.486 e. The summed E-state index contributed by atoms with van der Waals surface area (Å²) < 4.78 is 11.0. The van der Waals surface area contributed by atoms with Gasteiger partial charge in [0.1, 0.15) is 18.4 Å². The van der Waals surface area contributed by atoms with Gasteiger partial charge in [-0.3, -0.25) is 4.79 Å². The number of carbonyl (C=O) groups is 1. The van der Waals surface area contributed by atoms with Crippen LogP contribution in [0.3, 0.4) is 0 Å². The monoisotopic (exact) mass is 278 g/mol. The zero-order valence-corrected chi connectivity index (χ0v) is 12.1. The summed E-state index contributed by atoms with van der Waals surface area (Å²) in [7, 11) is 0. The molecule has 0 radical (unpaired) electrons. The van der Waals surface area contributed by atoms with Crippen molar-refractivity contribution in [2.75, 3.05) is 30.3 Å². The van der Waals surface area contributed by atoms with Crippen molar-refractivity contribution >= 4 is 17.3 Å². The summed E-state index contributed by atoms with van der Waals surface area (Å²) >= 11 is 0.